The van der Waals surface area contributed by atoms with Crippen LogP contribution in [-0.2, 0) is 6.54 Å². The van der Waals surface area contributed by atoms with Gasteiger partial charge in [-0.3, -0.25) is 4.79 Å². The first-order chi connectivity index (χ1) is 13.8. The third-order valence-electron chi connectivity index (χ3n) is 4.58. The van der Waals surface area contributed by atoms with E-state index in [1.165, 1.54) is 4.57 Å². The molecule has 0 spiro atoms. The number of aromatic nitrogens is 3. The number of hydrogen-bond donors (Lipinski definition) is 2. The monoisotopic (exact) mass is 398 g/mol. The van der Waals surface area contributed by atoms with E-state index in [-0.39, 0.29) is 18.1 Å². The maximum Gasteiger partial charge on any atom is 0.310 e. The van der Waals surface area contributed by atoms with E-state index in [9.17, 15) is 18.0 Å². The fourth-order valence-electron chi connectivity index (χ4n) is 3.28. The molecule has 0 fully saturated rings. The standard InChI is InChI=1S/C21H17F3N4O/c1-11-3-19-14(4-12(2)25-19)7-18(11)26-21-27-20(29)17(24)10-28(21)9-13-5-15(22)8-16(23)6-13/h3-8,10,25H,9H2,1-2H3,(H,26,27,29). The summed E-state index contributed by atoms with van der Waals surface area (Å²) < 4.78 is 42.2. The quantitative estimate of drug-likeness (QED) is 0.530. The number of rotatable bonds is 4. The largest absolute Gasteiger partial charge is 0.359 e. The van der Waals surface area contributed by atoms with E-state index in [1.54, 1.807) is 0 Å². The van der Waals surface area contributed by atoms with E-state index < -0.39 is 23.0 Å². The molecule has 0 aliphatic heterocycles. The number of benzene rings is 2. The molecule has 0 unspecified atom stereocenters. The second-order valence-corrected chi connectivity index (χ2v) is 6.95. The van der Waals surface area contributed by atoms with Crippen LogP contribution in [-0.4, -0.2) is 14.5 Å². The summed E-state index contributed by atoms with van der Waals surface area (Å²) in [7, 11) is 0. The Morgan fingerprint density at radius 1 is 1.03 bits per heavy atom. The molecular weight excluding hydrogens is 381 g/mol. The molecule has 4 rings (SSSR count). The van der Waals surface area contributed by atoms with E-state index in [0.29, 0.717) is 5.69 Å². The lowest BCUT2D eigenvalue weighted by Crippen LogP contribution is -2.20. The molecule has 0 radical (unpaired) electrons. The molecule has 0 aliphatic rings. The number of anilines is 2. The van der Waals surface area contributed by atoms with E-state index in [4.69, 9.17) is 0 Å². The van der Waals surface area contributed by atoms with Gasteiger partial charge in [0.15, 0.2) is 0 Å². The maximum atomic E-state index is 13.9. The van der Waals surface area contributed by atoms with Gasteiger partial charge < -0.3 is 14.9 Å². The van der Waals surface area contributed by atoms with Crippen LogP contribution < -0.4 is 10.9 Å². The van der Waals surface area contributed by atoms with E-state index >= 15 is 0 Å². The van der Waals surface area contributed by atoms with Gasteiger partial charge in [0, 0.05) is 34.5 Å². The van der Waals surface area contributed by atoms with Gasteiger partial charge in [0.25, 0.3) is 0 Å². The van der Waals surface area contributed by atoms with E-state index in [0.717, 1.165) is 46.6 Å². The summed E-state index contributed by atoms with van der Waals surface area (Å²) in [4.78, 5) is 18.8. The van der Waals surface area contributed by atoms with Crippen LogP contribution in [0.4, 0.5) is 24.8 Å². The van der Waals surface area contributed by atoms with Crippen LogP contribution >= 0.6 is 0 Å². The van der Waals surface area contributed by atoms with Crippen molar-refractivity contribution in [1.82, 2.24) is 14.5 Å². The lowest BCUT2D eigenvalue weighted by molar-refractivity contribution is 0.568. The minimum Gasteiger partial charge on any atom is -0.359 e. The SMILES string of the molecule is Cc1cc2cc(Nc3nc(=O)c(F)cn3Cc3cc(F)cc(F)c3)c(C)cc2[nH]1. The maximum absolute atomic E-state index is 13.9. The Bertz CT molecular complexity index is 1270. The Kier molecular flexibility index (Phi) is 4.62. The van der Waals surface area contributed by atoms with Crippen LogP contribution in [0.1, 0.15) is 16.8 Å². The highest BCUT2D eigenvalue weighted by molar-refractivity contribution is 5.86. The fourth-order valence-corrected chi connectivity index (χ4v) is 3.28. The molecule has 5 nitrogen and oxygen atoms in total. The van der Waals surface area contributed by atoms with Crippen molar-refractivity contribution < 1.29 is 13.2 Å². The molecule has 148 valence electrons. The van der Waals surface area contributed by atoms with Crippen molar-refractivity contribution >= 4 is 22.5 Å². The first-order valence-electron chi connectivity index (χ1n) is 8.87. The summed E-state index contributed by atoms with van der Waals surface area (Å²) in [5.74, 6) is -2.47. The molecule has 2 aromatic heterocycles. The Morgan fingerprint density at radius 3 is 2.48 bits per heavy atom. The number of aromatic amines is 1. The predicted molar refractivity (Wildman–Crippen MR) is 105 cm³/mol. The lowest BCUT2D eigenvalue weighted by Gasteiger charge is -2.16. The smallest absolute Gasteiger partial charge is 0.310 e. The van der Waals surface area contributed by atoms with Crippen LogP contribution in [0.15, 0.2) is 47.4 Å². The second kappa shape index (κ2) is 7.12. The number of fused-ring (bicyclic) bond motifs is 1. The Morgan fingerprint density at radius 2 is 1.76 bits per heavy atom. The lowest BCUT2D eigenvalue weighted by atomic mass is 10.1. The van der Waals surface area contributed by atoms with Crippen molar-refractivity contribution in [2.45, 2.75) is 20.4 Å². The van der Waals surface area contributed by atoms with Gasteiger partial charge in [0.05, 0.1) is 6.54 Å². The van der Waals surface area contributed by atoms with Gasteiger partial charge in [-0.2, -0.15) is 9.37 Å². The molecule has 0 atom stereocenters. The van der Waals surface area contributed by atoms with Crippen molar-refractivity contribution in [3.05, 3.63) is 87.2 Å². The third-order valence-corrected chi connectivity index (χ3v) is 4.58. The fraction of sp³-hybridized carbons (Fsp3) is 0.143. The van der Waals surface area contributed by atoms with Crippen LogP contribution in [0, 0.1) is 31.3 Å². The summed E-state index contributed by atoms with van der Waals surface area (Å²) in [5, 5.41) is 4.00. The Labute approximate surface area is 163 Å². The predicted octanol–water partition coefficient (Wildman–Crippen LogP) is 4.55. The zero-order valence-electron chi connectivity index (χ0n) is 15.7. The molecule has 8 heteroatoms. The average molecular weight is 398 g/mol. The topological polar surface area (TPSA) is 62.7 Å². The van der Waals surface area contributed by atoms with Crippen LogP contribution in [0.5, 0.6) is 0 Å². The van der Waals surface area contributed by atoms with Gasteiger partial charge in [-0.05, 0) is 55.3 Å². The number of halogens is 3. The second-order valence-electron chi connectivity index (χ2n) is 6.95. The van der Waals surface area contributed by atoms with Crippen LogP contribution in [0.2, 0.25) is 0 Å². The van der Waals surface area contributed by atoms with Gasteiger partial charge in [-0.1, -0.05) is 0 Å². The molecule has 2 aromatic carbocycles. The van der Waals surface area contributed by atoms with Gasteiger partial charge in [-0.25, -0.2) is 8.78 Å². The summed E-state index contributed by atoms with van der Waals surface area (Å²) >= 11 is 0. The molecule has 4 aromatic rings. The molecule has 0 saturated heterocycles. The van der Waals surface area contributed by atoms with Crippen molar-refractivity contribution in [3.8, 4) is 0 Å². The minimum atomic E-state index is -1.05. The summed E-state index contributed by atoms with van der Waals surface area (Å²) in [6.07, 6.45) is 0.967. The first-order valence-corrected chi connectivity index (χ1v) is 8.87. The van der Waals surface area contributed by atoms with Gasteiger partial charge in [-0.15, -0.1) is 0 Å². The van der Waals surface area contributed by atoms with E-state index in [2.05, 4.69) is 15.3 Å². The molecule has 0 bridgehead atoms. The Hall–Kier alpha value is -3.55. The minimum absolute atomic E-state index is 0.0655. The molecule has 0 aliphatic carbocycles. The first kappa shape index (κ1) is 18.8. The van der Waals surface area contributed by atoms with Crippen LogP contribution in [0.3, 0.4) is 0 Å². The van der Waals surface area contributed by atoms with Crippen molar-refractivity contribution in [3.63, 3.8) is 0 Å². The highest BCUT2D eigenvalue weighted by Gasteiger charge is 2.12. The molecule has 29 heavy (non-hydrogen) atoms. The number of H-pyrrole nitrogens is 1. The summed E-state index contributed by atoms with van der Waals surface area (Å²) in [6.45, 7) is 3.75. The van der Waals surface area contributed by atoms with E-state index in [1.807, 2.05) is 32.0 Å². The summed E-state index contributed by atoms with van der Waals surface area (Å²) in [5.41, 5.74) is 2.76. The van der Waals surface area contributed by atoms with Crippen LogP contribution in [0.25, 0.3) is 10.9 Å². The number of nitrogens with zero attached hydrogens (tertiary/aromatic N) is 2. The van der Waals surface area contributed by atoms with Crippen molar-refractivity contribution in [2.24, 2.45) is 0 Å². The van der Waals surface area contributed by atoms with Crippen molar-refractivity contribution in [2.75, 3.05) is 5.32 Å². The number of hydrogen-bond acceptors (Lipinski definition) is 3. The van der Waals surface area contributed by atoms with Gasteiger partial charge in [0.2, 0.25) is 11.8 Å². The highest BCUT2D eigenvalue weighted by Crippen LogP contribution is 2.26. The highest BCUT2D eigenvalue weighted by atomic mass is 19.1. The number of aryl methyl sites for hydroxylation is 2. The number of nitrogens with one attached hydrogen (secondary N) is 2. The normalized spacial score (nSPS) is 11.2. The molecule has 0 amide bonds. The Balaban J connectivity index is 1.76. The molecule has 0 saturated carbocycles. The molecule has 2 N–H and O–H groups in total. The average Bonchev–Trinajstić information content (AvgIpc) is 2.97. The zero-order chi connectivity index (χ0) is 20.7. The zero-order valence-corrected chi connectivity index (χ0v) is 15.7. The van der Waals surface area contributed by atoms with Gasteiger partial charge >= 0.3 is 5.56 Å². The summed E-state index contributed by atoms with van der Waals surface area (Å²) in [6, 6.07) is 8.84. The van der Waals surface area contributed by atoms with Gasteiger partial charge in [0.1, 0.15) is 11.6 Å². The third kappa shape index (κ3) is 3.87. The molecular formula is C21H17F3N4O. The molecule has 2 heterocycles. The van der Waals surface area contributed by atoms with Crippen molar-refractivity contribution in [1.29, 1.82) is 0 Å².